The van der Waals surface area contributed by atoms with Gasteiger partial charge in [0, 0.05) is 5.69 Å². The summed E-state index contributed by atoms with van der Waals surface area (Å²) in [4.78, 5) is 18.7. The van der Waals surface area contributed by atoms with Crippen LogP contribution in [0.25, 0.3) is 0 Å². The fourth-order valence-corrected chi connectivity index (χ4v) is 2.61. The lowest BCUT2D eigenvalue weighted by molar-refractivity contribution is -0.120. The molecule has 1 aromatic heterocycles. The largest absolute Gasteiger partial charge is 0.302 e. The van der Waals surface area contributed by atoms with E-state index < -0.39 is 0 Å². The highest BCUT2D eigenvalue weighted by Crippen LogP contribution is 2.33. The van der Waals surface area contributed by atoms with Gasteiger partial charge in [-0.3, -0.25) is 9.69 Å². The number of hydrogen-bond donors (Lipinski definition) is 0. The number of carbonyl (C=O) groups excluding carboxylic acids is 1. The number of imidazole rings is 1. The fraction of sp³-hybridized carbons (Fsp3) is 0.333. The van der Waals surface area contributed by atoms with Crippen molar-refractivity contribution in [3.8, 4) is 0 Å². The van der Waals surface area contributed by atoms with Gasteiger partial charge in [0.2, 0.25) is 5.95 Å². The monoisotopic (exact) mass is 255 g/mol. The van der Waals surface area contributed by atoms with Crippen LogP contribution < -0.4 is 4.90 Å². The van der Waals surface area contributed by atoms with Gasteiger partial charge in [0.25, 0.3) is 5.91 Å². The smallest absolute Gasteiger partial charge is 0.252 e. The van der Waals surface area contributed by atoms with Gasteiger partial charge in [-0.15, -0.1) is 0 Å². The molecule has 1 atom stereocenters. The molecule has 2 aromatic rings. The summed E-state index contributed by atoms with van der Waals surface area (Å²) in [6, 6.07) is 9.87. The van der Waals surface area contributed by atoms with Crippen molar-refractivity contribution < 1.29 is 4.79 Å². The third kappa shape index (κ3) is 1.75. The molecule has 0 spiro atoms. The Labute approximate surface area is 112 Å². The van der Waals surface area contributed by atoms with Crippen LogP contribution in [0.4, 0.5) is 5.95 Å². The van der Waals surface area contributed by atoms with Gasteiger partial charge < -0.3 is 4.57 Å². The summed E-state index contributed by atoms with van der Waals surface area (Å²) in [5.41, 5.74) is 3.19. The lowest BCUT2D eigenvalue weighted by Crippen LogP contribution is -2.28. The summed E-state index contributed by atoms with van der Waals surface area (Å²) in [7, 11) is 0. The van der Waals surface area contributed by atoms with E-state index in [0.717, 1.165) is 22.9 Å². The maximum Gasteiger partial charge on any atom is 0.252 e. The summed E-state index contributed by atoms with van der Waals surface area (Å²) in [6.45, 7) is 6.52. The molecule has 2 heterocycles. The summed E-state index contributed by atoms with van der Waals surface area (Å²) in [5, 5.41) is 0. The average Bonchev–Trinajstić information content (AvgIpc) is 2.82. The number of carbonyl (C=O) groups is 1. The summed E-state index contributed by atoms with van der Waals surface area (Å²) >= 11 is 0. The van der Waals surface area contributed by atoms with Gasteiger partial charge >= 0.3 is 0 Å². The molecule has 1 amide bonds. The van der Waals surface area contributed by atoms with Crippen LogP contribution in [0.1, 0.15) is 29.9 Å². The zero-order chi connectivity index (χ0) is 13.6. The lowest BCUT2D eigenvalue weighted by atomic mass is 10.2. The minimum absolute atomic E-state index is 0.120. The molecule has 3 rings (SSSR count). The Balaban J connectivity index is 2.00. The Morgan fingerprint density at radius 3 is 2.58 bits per heavy atom. The zero-order valence-electron chi connectivity index (χ0n) is 11.4. The number of anilines is 1. The van der Waals surface area contributed by atoms with Crippen molar-refractivity contribution in [2.24, 2.45) is 0 Å². The molecular weight excluding hydrogens is 238 g/mol. The van der Waals surface area contributed by atoms with Crippen LogP contribution in [-0.2, 0) is 11.3 Å². The fourth-order valence-electron chi connectivity index (χ4n) is 2.61. The molecule has 1 aliphatic rings. The second-order valence-electron chi connectivity index (χ2n) is 5.04. The Morgan fingerprint density at radius 1 is 1.21 bits per heavy atom. The first kappa shape index (κ1) is 12.0. The average molecular weight is 255 g/mol. The molecule has 0 saturated carbocycles. The third-order valence-corrected chi connectivity index (χ3v) is 3.80. The van der Waals surface area contributed by atoms with Crippen LogP contribution in [0.2, 0.25) is 0 Å². The minimum Gasteiger partial charge on any atom is -0.302 e. The summed E-state index contributed by atoms with van der Waals surface area (Å²) < 4.78 is 2.03. The van der Waals surface area contributed by atoms with Crippen molar-refractivity contribution in [2.45, 2.75) is 33.4 Å². The predicted molar refractivity (Wildman–Crippen MR) is 74.0 cm³/mol. The van der Waals surface area contributed by atoms with E-state index in [0.29, 0.717) is 6.54 Å². The topological polar surface area (TPSA) is 38.1 Å². The van der Waals surface area contributed by atoms with Crippen LogP contribution in [-0.4, -0.2) is 15.5 Å². The van der Waals surface area contributed by atoms with Crippen molar-refractivity contribution in [3.63, 3.8) is 0 Å². The van der Waals surface area contributed by atoms with Gasteiger partial charge in [-0.2, -0.15) is 0 Å². The molecule has 4 nitrogen and oxygen atoms in total. The van der Waals surface area contributed by atoms with Crippen molar-refractivity contribution >= 4 is 11.9 Å². The van der Waals surface area contributed by atoms with Gasteiger partial charge in [-0.1, -0.05) is 30.3 Å². The standard InChI is InChI=1S/C15H17N3O/c1-10-11(2)18-12(3)14(19)17(15(18)16-10)9-13-7-5-4-6-8-13/h4-8,12H,9H2,1-3H3. The maximum absolute atomic E-state index is 12.4. The number of fused-ring (bicyclic) bond motifs is 1. The van der Waals surface area contributed by atoms with Crippen molar-refractivity contribution in [1.82, 2.24) is 9.55 Å². The van der Waals surface area contributed by atoms with Crippen LogP contribution in [0.5, 0.6) is 0 Å². The molecule has 1 unspecified atom stereocenters. The molecule has 0 aliphatic carbocycles. The van der Waals surface area contributed by atoms with Crippen molar-refractivity contribution in [2.75, 3.05) is 4.90 Å². The third-order valence-electron chi connectivity index (χ3n) is 3.80. The zero-order valence-corrected chi connectivity index (χ0v) is 11.4. The summed E-state index contributed by atoms with van der Waals surface area (Å²) in [5.74, 6) is 0.894. The first-order valence-corrected chi connectivity index (χ1v) is 6.50. The molecule has 0 bridgehead atoms. The molecule has 1 aliphatic heterocycles. The molecule has 1 aromatic carbocycles. The molecule has 0 fully saturated rings. The second kappa shape index (κ2) is 4.23. The number of aryl methyl sites for hydroxylation is 1. The number of amides is 1. The number of benzene rings is 1. The van der Waals surface area contributed by atoms with Gasteiger partial charge in [-0.05, 0) is 26.3 Å². The number of hydrogen-bond acceptors (Lipinski definition) is 2. The first-order valence-electron chi connectivity index (χ1n) is 6.50. The van der Waals surface area contributed by atoms with E-state index in [1.165, 1.54) is 0 Å². The number of rotatable bonds is 2. The number of nitrogens with zero attached hydrogens (tertiary/aromatic N) is 3. The molecule has 98 valence electrons. The highest BCUT2D eigenvalue weighted by atomic mass is 16.2. The minimum atomic E-state index is -0.153. The van der Waals surface area contributed by atoms with E-state index in [1.807, 2.05) is 55.7 Å². The van der Waals surface area contributed by atoms with Crippen LogP contribution >= 0.6 is 0 Å². The Kier molecular flexibility index (Phi) is 2.66. The van der Waals surface area contributed by atoms with Crippen LogP contribution in [0.3, 0.4) is 0 Å². The van der Waals surface area contributed by atoms with Gasteiger partial charge in [0.05, 0.1) is 12.2 Å². The lowest BCUT2D eigenvalue weighted by Gasteiger charge is -2.14. The molecular formula is C15H17N3O. The maximum atomic E-state index is 12.4. The van der Waals surface area contributed by atoms with E-state index in [9.17, 15) is 4.79 Å². The molecule has 4 heteroatoms. The van der Waals surface area contributed by atoms with E-state index in [-0.39, 0.29) is 11.9 Å². The van der Waals surface area contributed by atoms with Gasteiger partial charge in [0.1, 0.15) is 6.04 Å². The highest BCUT2D eigenvalue weighted by Gasteiger charge is 2.37. The summed E-state index contributed by atoms with van der Waals surface area (Å²) in [6.07, 6.45) is 0. The van der Waals surface area contributed by atoms with Gasteiger partial charge in [-0.25, -0.2) is 4.98 Å². The molecule has 0 N–H and O–H groups in total. The SMILES string of the molecule is Cc1nc2n(c1C)C(C)C(=O)N2Cc1ccccc1. The van der Waals surface area contributed by atoms with Crippen molar-refractivity contribution in [1.29, 1.82) is 0 Å². The van der Waals surface area contributed by atoms with Crippen molar-refractivity contribution in [3.05, 3.63) is 47.3 Å². The Bertz CT molecular complexity index is 630. The first-order chi connectivity index (χ1) is 9.09. The Morgan fingerprint density at radius 2 is 1.89 bits per heavy atom. The normalized spacial score (nSPS) is 17.9. The van der Waals surface area contributed by atoms with E-state index in [2.05, 4.69) is 4.98 Å². The van der Waals surface area contributed by atoms with E-state index in [4.69, 9.17) is 0 Å². The number of aromatic nitrogens is 2. The highest BCUT2D eigenvalue weighted by molar-refractivity contribution is 5.98. The molecule has 19 heavy (non-hydrogen) atoms. The van der Waals surface area contributed by atoms with Crippen LogP contribution in [0, 0.1) is 13.8 Å². The second-order valence-corrected chi connectivity index (χ2v) is 5.04. The predicted octanol–water partition coefficient (Wildman–Crippen LogP) is 2.61. The van der Waals surface area contributed by atoms with Crippen LogP contribution in [0.15, 0.2) is 30.3 Å². The van der Waals surface area contributed by atoms with E-state index in [1.54, 1.807) is 4.90 Å². The molecule has 0 saturated heterocycles. The quantitative estimate of drug-likeness (QED) is 0.827. The Hall–Kier alpha value is -2.10. The van der Waals surface area contributed by atoms with E-state index >= 15 is 0 Å². The molecule has 0 radical (unpaired) electrons. The van der Waals surface area contributed by atoms with Gasteiger partial charge in [0.15, 0.2) is 0 Å².